The van der Waals surface area contributed by atoms with Crippen LogP contribution in [0.25, 0.3) is 0 Å². The maximum absolute atomic E-state index is 11.8. The van der Waals surface area contributed by atoms with E-state index in [9.17, 15) is 4.79 Å². The summed E-state index contributed by atoms with van der Waals surface area (Å²) in [6.07, 6.45) is 0.479. The fraction of sp³-hybridized carbons (Fsp3) is 0.480. The van der Waals surface area contributed by atoms with Crippen LogP contribution >= 0.6 is 0 Å². The van der Waals surface area contributed by atoms with Crippen LogP contribution in [0.5, 0.6) is 0 Å². The molecule has 1 heterocycles. The van der Waals surface area contributed by atoms with Crippen LogP contribution in [-0.4, -0.2) is 63.0 Å². The van der Waals surface area contributed by atoms with Crippen molar-refractivity contribution < 1.29 is 9.53 Å². The molecule has 0 bridgehead atoms. The molecule has 5 heteroatoms. The third kappa shape index (κ3) is 4.69. The van der Waals surface area contributed by atoms with Crippen molar-refractivity contribution in [3.8, 4) is 0 Å². The average molecular weight is 425 g/mol. The van der Waals surface area contributed by atoms with Gasteiger partial charge >= 0.3 is 5.97 Å². The number of hydrogen-bond donors (Lipinski definition) is 0. The Morgan fingerprint density at radius 2 is 1.40 bits per heavy atom. The molecular formula is C25H36N2O2Si. The predicted molar refractivity (Wildman–Crippen MR) is 127 cm³/mol. The Balaban J connectivity index is 1.89. The van der Waals surface area contributed by atoms with E-state index in [0.717, 1.165) is 32.7 Å². The summed E-state index contributed by atoms with van der Waals surface area (Å²) in [4.78, 5) is 14.2. The Morgan fingerprint density at radius 3 is 1.83 bits per heavy atom. The highest BCUT2D eigenvalue weighted by molar-refractivity contribution is 7.02. The molecule has 0 N–H and O–H groups in total. The highest BCUT2D eigenvalue weighted by atomic mass is 28.3. The largest absolute Gasteiger partial charge is 0.466 e. The standard InChI is InChI=1S/C25H36N2O2Si/c1-5-29-24(28)16-17-26-18-20-27(21-19-26)30(25(2,3)4,22-12-8-6-9-13-22)23-14-10-7-11-15-23/h6-15H,5,16-21H2,1-4H3. The van der Waals surface area contributed by atoms with Gasteiger partial charge in [-0.1, -0.05) is 81.4 Å². The first-order valence-electron chi connectivity index (χ1n) is 11.1. The normalized spacial score (nSPS) is 16.4. The third-order valence-electron chi connectivity index (χ3n) is 6.25. The molecule has 0 amide bonds. The van der Waals surface area contributed by atoms with Crippen LogP contribution in [0.2, 0.25) is 5.04 Å². The number of benzene rings is 2. The topological polar surface area (TPSA) is 32.8 Å². The lowest BCUT2D eigenvalue weighted by Gasteiger charge is -2.53. The zero-order valence-electron chi connectivity index (χ0n) is 18.9. The number of esters is 1. The van der Waals surface area contributed by atoms with Gasteiger partial charge in [-0.2, -0.15) is 0 Å². The maximum Gasteiger partial charge on any atom is 0.307 e. The minimum Gasteiger partial charge on any atom is -0.466 e. The molecule has 0 atom stereocenters. The molecule has 1 fully saturated rings. The van der Waals surface area contributed by atoms with Crippen molar-refractivity contribution in [3.05, 3.63) is 60.7 Å². The molecule has 0 saturated carbocycles. The number of carbonyl (C=O) groups is 1. The van der Waals surface area contributed by atoms with Gasteiger partial charge in [-0.3, -0.25) is 4.79 Å². The van der Waals surface area contributed by atoms with E-state index in [4.69, 9.17) is 4.74 Å². The fourth-order valence-corrected chi connectivity index (χ4v) is 11.0. The predicted octanol–water partition coefficient (Wildman–Crippen LogP) is 3.12. The number of piperazine rings is 1. The Labute approximate surface area is 182 Å². The van der Waals surface area contributed by atoms with E-state index in [2.05, 4.69) is 90.9 Å². The monoisotopic (exact) mass is 424 g/mol. The summed E-state index contributed by atoms with van der Waals surface area (Å²) in [6.45, 7) is 14.4. The van der Waals surface area contributed by atoms with E-state index < -0.39 is 8.24 Å². The molecule has 0 aromatic heterocycles. The summed E-state index contributed by atoms with van der Waals surface area (Å²) in [5, 5.41) is 3.08. The first kappa shape index (κ1) is 22.7. The van der Waals surface area contributed by atoms with Gasteiger partial charge in [-0.15, -0.1) is 0 Å². The van der Waals surface area contributed by atoms with Crippen LogP contribution in [0.4, 0.5) is 0 Å². The summed E-state index contributed by atoms with van der Waals surface area (Å²) in [7, 11) is -2.22. The first-order valence-corrected chi connectivity index (χ1v) is 13.1. The third-order valence-corrected chi connectivity index (χ3v) is 12.2. The lowest BCUT2D eigenvalue weighted by atomic mass is 10.2. The van der Waals surface area contributed by atoms with Gasteiger partial charge in [0.1, 0.15) is 0 Å². The van der Waals surface area contributed by atoms with Crippen molar-refractivity contribution in [1.29, 1.82) is 0 Å². The van der Waals surface area contributed by atoms with Crippen LogP contribution in [0.1, 0.15) is 34.1 Å². The van der Waals surface area contributed by atoms with Crippen molar-refractivity contribution in [1.82, 2.24) is 9.47 Å². The lowest BCUT2D eigenvalue weighted by Crippen LogP contribution is -2.77. The van der Waals surface area contributed by atoms with Gasteiger partial charge in [0, 0.05) is 32.7 Å². The SMILES string of the molecule is CCOC(=O)CCN1CCN([Si](c2ccccc2)(c2ccccc2)C(C)(C)C)CC1. The van der Waals surface area contributed by atoms with Crippen molar-refractivity contribution in [2.24, 2.45) is 0 Å². The second-order valence-corrected chi connectivity index (χ2v) is 13.8. The minimum absolute atomic E-state index is 0.0908. The maximum atomic E-state index is 11.8. The zero-order valence-corrected chi connectivity index (χ0v) is 19.9. The molecule has 0 aliphatic carbocycles. The van der Waals surface area contributed by atoms with Crippen LogP contribution in [0, 0.1) is 0 Å². The van der Waals surface area contributed by atoms with Gasteiger partial charge in [-0.25, -0.2) is 0 Å². The van der Waals surface area contributed by atoms with Crippen LogP contribution in [0.15, 0.2) is 60.7 Å². The van der Waals surface area contributed by atoms with E-state index >= 15 is 0 Å². The molecule has 0 unspecified atom stereocenters. The summed E-state index contributed by atoms with van der Waals surface area (Å²) in [6, 6.07) is 22.3. The molecule has 1 aliphatic heterocycles. The number of rotatable bonds is 7. The molecule has 4 nitrogen and oxygen atoms in total. The van der Waals surface area contributed by atoms with E-state index in [-0.39, 0.29) is 11.0 Å². The Kier molecular flexibility index (Phi) is 7.50. The molecule has 3 rings (SSSR count). The van der Waals surface area contributed by atoms with Crippen molar-refractivity contribution in [2.75, 3.05) is 39.3 Å². The highest BCUT2D eigenvalue weighted by Crippen LogP contribution is 2.38. The smallest absolute Gasteiger partial charge is 0.307 e. The molecule has 0 radical (unpaired) electrons. The summed E-state index contributed by atoms with van der Waals surface area (Å²) < 4.78 is 7.89. The van der Waals surface area contributed by atoms with Crippen molar-refractivity contribution in [2.45, 2.75) is 39.2 Å². The minimum atomic E-state index is -2.22. The molecule has 2 aromatic carbocycles. The second-order valence-electron chi connectivity index (χ2n) is 9.08. The van der Waals surface area contributed by atoms with E-state index in [0.29, 0.717) is 13.0 Å². The van der Waals surface area contributed by atoms with Gasteiger partial charge in [0.2, 0.25) is 0 Å². The molecule has 162 valence electrons. The first-order chi connectivity index (χ1) is 14.4. The van der Waals surface area contributed by atoms with Gasteiger partial charge in [0.25, 0.3) is 0 Å². The lowest BCUT2D eigenvalue weighted by molar-refractivity contribution is -0.143. The van der Waals surface area contributed by atoms with Crippen molar-refractivity contribution >= 4 is 24.6 Å². The average Bonchev–Trinajstić information content (AvgIpc) is 2.74. The molecule has 0 spiro atoms. The van der Waals surface area contributed by atoms with Gasteiger partial charge in [0.05, 0.1) is 13.0 Å². The number of ether oxygens (including phenoxy) is 1. The van der Waals surface area contributed by atoms with Crippen LogP contribution < -0.4 is 10.4 Å². The highest BCUT2D eigenvalue weighted by Gasteiger charge is 2.52. The summed E-state index contributed by atoms with van der Waals surface area (Å²) >= 11 is 0. The molecule has 1 saturated heterocycles. The van der Waals surface area contributed by atoms with Crippen LogP contribution in [-0.2, 0) is 9.53 Å². The Hall–Kier alpha value is -1.95. The fourth-order valence-electron chi connectivity index (χ4n) is 5.02. The Morgan fingerprint density at radius 1 is 0.900 bits per heavy atom. The van der Waals surface area contributed by atoms with Gasteiger partial charge < -0.3 is 14.2 Å². The molecule has 2 aromatic rings. The summed E-state index contributed by atoms with van der Waals surface area (Å²) in [5.74, 6) is -0.0908. The van der Waals surface area contributed by atoms with Crippen LogP contribution in [0.3, 0.4) is 0 Å². The second kappa shape index (κ2) is 9.90. The van der Waals surface area contributed by atoms with Gasteiger partial charge in [0.15, 0.2) is 8.24 Å². The van der Waals surface area contributed by atoms with E-state index in [1.54, 1.807) is 0 Å². The van der Waals surface area contributed by atoms with Crippen molar-refractivity contribution in [3.63, 3.8) is 0 Å². The molecular weight excluding hydrogens is 388 g/mol. The molecule has 30 heavy (non-hydrogen) atoms. The molecule has 1 aliphatic rings. The summed E-state index contributed by atoms with van der Waals surface area (Å²) in [5.41, 5.74) is 0. The Bertz CT molecular complexity index is 757. The quantitative estimate of drug-likeness (QED) is 0.505. The van der Waals surface area contributed by atoms with E-state index in [1.807, 2.05) is 6.92 Å². The number of hydrogen-bond acceptors (Lipinski definition) is 4. The number of carbonyl (C=O) groups excluding carboxylic acids is 1. The van der Waals surface area contributed by atoms with Gasteiger partial charge in [-0.05, 0) is 22.3 Å². The number of nitrogens with zero attached hydrogens (tertiary/aromatic N) is 2. The van der Waals surface area contributed by atoms with E-state index in [1.165, 1.54) is 10.4 Å². The zero-order chi connectivity index (χ0) is 21.6.